The standard InChI is InChI=1S/C61H69N5O8/c1-41(2)56(67)71-35-31-62-58(69)73-37-33-64-51-27-21-43(5)39-49(51)60(7,8)53(64)29-25-45-23-24-46(55(45)66(47-17-13-11-14-18-47)48-19-15-12-16-20-48)26-30-54-61(9,10)50-40-44(6)22-28-52(50)65(54)34-38-74-59(70)63-32-36-72-57(68)42(3)4/h11-22,25-30,39-40H,1,3,23-24,31-38H2,2,4-10H3,(H-,62,63,69,70)/p+1. The van der Waals surface area contributed by atoms with Crippen LogP contribution >= 0.6 is 0 Å². The summed E-state index contributed by atoms with van der Waals surface area (Å²) in [7, 11) is 0. The van der Waals surface area contributed by atoms with E-state index in [-0.39, 0.29) is 50.3 Å². The summed E-state index contributed by atoms with van der Waals surface area (Å²) in [6.45, 7) is 24.8. The normalized spacial score (nSPS) is 17.3. The van der Waals surface area contributed by atoms with Gasteiger partial charge in [0.2, 0.25) is 17.1 Å². The quantitative estimate of drug-likeness (QED) is 0.0326. The Hall–Kier alpha value is -7.93. The molecule has 0 aromatic heterocycles. The summed E-state index contributed by atoms with van der Waals surface area (Å²) < 4.78 is 23.9. The first-order valence-corrected chi connectivity index (χ1v) is 25.2. The number of aryl methyl sites for hydroxylation is 2. The zero-order valence-electron chi connectivity index (χ0n) is 44.1. The molecule has 0 unspecified atom stereocenters. The molecule has 0 radical (unpaired) electrons. The predicted molar refractivity (Wildman–Crippen MR) is 294 cm³/mol. The van der Waals surface area contributed by atoms with E-state index in [1.165, 1.54) is 11.1 Å². The molecule has 1 saturated carbocycles. The molecule has 7 rings (SSSR count). The van der Waals surface area contributed by atoms with Crippen molar-refractivity contribution < 1.29 is 38.1 Å². The molecule has 386 valence electrons. The molecule has 0 bridgehead atoms. The predicted octanol–water partition coefficient (Wildman–Crippen LogP) is 11.3. The van der Waals surface area contributed by atoms with Crippen molar-refractivity contribution in [3.63, 3.8) is 0 Å². The number of esters is 2. The van der Waals surface area contributed by atoms with Gasteiger partial charge in [0, 0.05) is 80.2 Å². The largest absolute Gasteiger partial charge is 0.460 e. The Kier molecular flexibility index (Phi) is 17.3. The number of amides is 2. The molecule has 1 aliphatic carbocycles. The SMILES string of the molecule is C=C(C)C(=O)OCCNC(=O)OCCN1C(=CC=C2CC/C(=C\C=C3\N(CCOC(=O)NCCOC(=O)C(=C)C)c4ccc(C)cc4C3(C)C)C2=[N+](c2ccccc2)c2ccccc2)C(C)(C)c2cc(C)ccc21. The lowest BCUT2D eigenvalue weighted by Gasteiger charge is -2.27. The Balaban J connectivity index is 1.24. The van der Waals surface area contributed by atoms with Gasteiger partial charge in [0.15, 0.2) is 0 Å². The lowest BCUT2D eigenvalue weighted by Crippen LogP contribution is -2.33. The average Bonchev–Trinajstić information content (AvgIpc) is 3.93. The van der Waals surface area contributed by atoms with Gasteiger partial charge in [0.25, 0.3) is 0 Å². The van der Waals surface area contributed by atoms with Gasteiger partial charge >= 0.3 is 24.1 Å². The van der Waals surface area contributed by atoms with Crippen molar-refractivity contribution in [2.45, 2.75) is 79.1 Å². The fourth-order valence-corrected chi connectivity index (χ4v) is 9.71. The molecule has 4 aromatic rings. The van der Waals surface area contributed by atoms with E-state index in [1.807, 2.05) is 12.1 Å². The van der Waals surface area contributed by atoms with E-state index in [0.29, 0.717) is 24.2 Å². The van der Waals surface area contributed by atoms with Crippen LogP contribution in [-0.2, 0) is 39.4 Å². The minimum atomic E-state index is -0.593. The third kappa shape index (κ3) is 12.5. The first kappa shape index (κ1) is 53.9. The van der Waals surface area contributed by atoms with Gasteiger partial charge < -0.3 is 39.4 Å². The van der Waals surface area contributed by atoms with Crippen LogP contribution in [0.4, 0.5) is 32.3 Å². The van der Waals surface area contributed by atoms with Crippen LogP contribution in [0.3, 0.4) is 0 Å². The fourth-order valence-electron chi connectivity index (χ4n) is 9.71. The van der Waals surface area contributed by atoms with Crippen LogP contribution in [0.1, 0.15) is 76.6 Å². The van der Waals surface area contributed by atoms with E-state index in [9.17, 15) is 19.2 Å². The molecule has 4 aromatic carbocycles. The molecule has 13 heteroatoms. The number of fused-ring (bicyclic) bond motifs is 2. The van der Waals surface area contributed by atoms with Gasteiger partial charge in [0.1, 0.15) is 26.4 Å². The number of nitrogens with one attached hydrogen (secondary N) is 2. The lowest BCUT2D eigenvalue weighted by molar-refractivity contribution is -0.139. The van der Waals surface area contributed by atoms with Crippen molar-refractivity contribution in [3.05, 3.63) is 190 Å². The summed E-state index contributed by atoms with van der Waals surface area (Å²) >= 11 is 0. The third-order valence-corrected chi connectivity index (χ3v) is 13.5. The number of anilines is 2. The van der Waals surface area contributed by atoms with E-state index in [0.717, 1.165) is 75.0 Å². The maximum atomic E-state index is 12.8. The Morgan fingerprint density at radius 3 is 1.34 bits per heavy atom. The van der Waals surface area contributed by atoms with E-state index in [2.05, 4.69) is 189 Å². The number of allylic oxidation sites excluding steroid dienone is 8. The van der Waals surface area contributed by atoms with Crippen LogP contribution in [0.25, 0.3) is 0 Å². The second-order valence-corrected chi connectivity index (χ2v) is 19.9. The number of nitrogens with zero attached hydrogens (tertiary/aromatic N) is 3. The molecule has 13 nitrogen and oxygen atoms in total. The summed E-state index contributed by atoms with van der Waals surface area (Å²) in [6, 6.07) is 33.9. The lowest BCUT2D eigenvalue weighted by atomic mass is 9.83. The maximum Gasteiger partial charge on any atom is 0.407 e. The molecule has 2 aliphatic heterocycles. The molecule has 74 heavy (non-hydrogen) atoms. The second-order valence-electron chi connectivity index (χ2n) is 19.9. The summed E-state index contributed by atoms with van der Waals surface area (Å²) in [5.74, 6) is -1.02. The van der Waals surface area contributed by atoms with Crippen molar-refractivity contribution >= 4 is 52.6 Å². The molecule has 2 heterocycles. The van der Waals surface area contributed by atoms with Gasteiger partial charge in [-0.3, -0.25) is 0 Å². The van der Waals surface area contributed by atoms with Gasteiger partial charge in [-0.25, -0.2) is 19.2 Å². The van der Waals surface area contributed by atoms with E-state index < -0.39 is 24.1 Å². The van der Waals surface area contributed by atoms with E-state index >= 15 is 0 Å². The minimum Gasteiger partial charge on any atom is -0.460 e. The number of hydrogen-bond acceptors (Lipinski definition) is 10. The number of hydrogen-bond donors (Lipinski definition) is 2. The fraction of sp³-hybridized carbons (Fsp3) is 0.328. The molecule has 0 saturated heterocycles. The molecule has 0 atom stereocenters. The molecule has 0 spiro atoms. The number of carbonyl (C=O) groups excluding carboxylic acids is 4. The average molecular weight is 1000 g/mol. The topological polar surface area (TPSA) is 139 Å². The number of alkyl carbamates (subject to hydrolysis) is 2. The Labute approximate surface area is 436 Å². The van der Waals surface area contributed by atoms with Crippen LogP contribution in [0.2, 0.25) is 0 Å². The minimum absolute atomic E-state index is 0.0108. The van der Waals surface area contributed by atoms with Crippen LogP contribution in [0, 0.1) is 13.8 Å². The molecule has 2 N–H and O–H groups in total. The van der Waals surface area contributed by atoms with Crippen molar-refractivity contribution in [2.75, 3.05) is 62.4 Å². The third-order valence-electron chi connectivity index (χ3n) is 13.5. The van der Waals surface area contributed by atoms with Gasteiger partial charge in [-0.1, -0.05) is 125 Å². The number of ether oxygens (including phenoxy) is 4. The number of para-hydroxylation sites is 2. The molecule has 2 amide bonds. The monoisotopic (exact) mass is 1000 g/mol. The van der Waals surface area contributed by atoms with E-state index in [1.54, 1.807) is 13.8 Å². The highest BCUT2D eigenvalue weighted by Crippen LogP contribution is 2.50. The maximum absolute atomic E-state index is 12.8. The second kappa shape index (κ2) is 23.7. The Morgan fingerprint density at radius 2 is 0.959 bits per heavy atom. The molecular formula is C61H70N5O8+. The van der Waals surface area contributed by atoms with Crippen LogP contribution < -0.4 is 25.0 Å². The van der Waals surface area contributed by atoms with Gasteiger partial charge in [-0.2, -0.15) is 4.58 Å². The summed E-state index contributed by atoms with van der Waals surface area (Å²) in [4.78, 5) is 53.6. The summed E-state index contributed by atoms with van der Waals surface area (Å²) in [5.41, 5.74) is 14.2. The van der Waals surface area contributed by atoms with Crippen molar-refractivity contribution in [3.8, 4) is 0 Å². The zero-order chi connectivity index (χ0) is 53.2. The highest BCUT2D eigenvalue weighted by molar-refractivity contribution is 6.17. The highest BCUT2D eigenvalue weighted by atomic mass is 16.6. The summed E-state index contributed by atoms with van der Waals surface area (Å²) in [5, 5.41) is 5.34. The first-order valence-electron chi connectivity index (χ1n) is 25.2. The van der Waals surface area contributed by atoms with Gasteiger partial charge in [-0.15, -0.1) is 0 Å². The van der Waals surface area contributed by atoms with Crippen LogP contribution in [-0.4, -0.2) is 82.4 Å². The Bertz CT molecular complexity index is 2770. The van der Waals surface area contributed by atoms with Crippen LogP contribution in [0.15, 0.2) is 168 Å². The van der Waals surface area contributed by atoms with E-state index in [4.69, 9.17) is 18.9 Å². The van der Waals surface area contributed by atoms with Crippen molar-refractivity contribution in [1.29, 1.82) is 0 Å². The zero-order valence-corrected chi connectivity index (χ0v) is 44.1. The molecule has 3 aliphatic rings. The summed E-state index contributed by atoms with van der Waals surface area (Å²) in [6.07, 6.45) is 9.38. The number of carbonyl (C=O) groups is 4. The Morgan fingerprint density at radius 1 is 0.568 bits per heavy atom. The smallest absolute Gasteiger partial charge is 0.407 e. The number of rotatable bonds is 18. The first-order chi connectivity index (χ1) is 35.4. The van der Waals surface area contributed by atoms with Crippen LogP contribution in [0.5, 0.6) is 0 Å². The van der Waals surface area contributed by atoms with Gasteiger partial charge in [0.05, 0.1) is 26.2 Å². The number of benzene rings is 4. The molecular weight excluding hydrogens is 931 g/mol. The highest BCUT2D eigenvalue weighted by Gasteiger charge is 2.42. The van der Waals surface area contributed by atoms with Gasteiger partial charge in [-0.05, 0) is 75.9 Å². The molecule has 1 fully saturated rings. The van der Waals surface area contributed by atoms with Crippen molar-refractivity contribution in [1.82, 2.24) is 15.2 Å². The van der Waals surface area contributed by atoms with Crippen molar-refractivity contribution in [2.24, 2.45) is 0 Å².